The van der Waals surface area contributed by atoms with Gasteiger partial charge < -0.3 is 0 Å². The van der Waals surface area contributed by atoms with E-state index in [0.717, 1.165) is 0 Å². The van der Waals surface area contributed by atoms with Gasteiger partial charge in [-0.25, -0.2) is 0 Å². The standard InChI is InChI=1S/C8H10/c1-4-7(2)8(3)5-6-8/h5-6H,1H2,2-3H3. The number of hydrogen-bond acceptors (Lipinski definition) is 0. The second kappa shape index (κ2) is 1.37. The molecule has 0 radical (unpaired) electrons. The Balaban J connectivity index is 2.75. The molecule has 0 bridgehead atoms. The van der Waals surface area contributed by atoms with Crippen molar-refractivity contribution in [1.29, 1.82) is 0 Å². The van der Waals surface area contributed by atoms with E-state index < -0.39 is 0 Å². The van der Waals surface area contributed by atoms with Crippen molar-refractivity contribution >= 4 is 0 Å². The van der Waals surface area contributed by atoms with Gasteiger partial charge in [0.1, 0.15) is 0 Å². The highest BCUT2D eigenvalue weighted by Crippen LogP contribution is 2.40. The minimum atomic E-state index is 0.252. The molecule has 0 spiro atoms. The first-order valence-electron chi connectivity index (χ1n) is 2.76. The van der Waals surface area contributed by atoms with Gasteiger partial charge in [0.05, 0.1) is 0 Å². The highest BCUT2D eigenvalue weighted by molar-refractivity contribution is 5.37. The summed E-state index contributed by atoms with van der Waals surface area (Å²) in [6.07, 6.45) is 4.31. The Kier molecular flexibility index (Phi) is 0.922. The molecule has 0 N–H and O–H groups in total. The Morgan fingerprint density at radius 1 is 1.62 bits per heavy atom. The largest absolute Gasteiger partial charge is 0.129 e. The van der Waals surface area contributed by atoms with Crippen LogP contribution in [0.15, 0.2) is 30.0 Å². The lowest BCUT2D eigenvalue weighted by Gasteiger charge is -2.04. The molecule has 0 saturated carbocycles. The minimum Gasteiger partial charge on any atom is -0.129 e. The van der Waals surface area contributed by atoms with Gasteiger partial charge in [-0.15, -0.1) is 5.73 Å². The van der Waals surface area contributed by atoms with Crippen LogP contribution in [0, 0.1) is 5.41 Å². The van der Waals surface area contributed by atoms with E-state index in [-0.39, 0.29) is 5.41 Å². The predicted octanol–water partition coefficient (Wildman–Crippen LogP) is 2.29. The van der Waals surface area contributed by atoms with Crippen LogP contribution in [0.1, 0.15) is 13.8 Å². The Labute approximate surface area is 50.2 Å². The van der Waals surface area contributed by atoms with Crippen LogP contribution in [0.2, 0.25) is 0 Å². The number of hydrogen-bond donors (Lipinski definition) is 0. The highest BCUT2D eigenvalue weighted by Gasteiger charge is 2.29. The molecule has 1 aliphatic rings. The SMILES string of the molecule is C=C=C(C)C1(C)C=C1. The lowest BCUT2D eigenvalue weighted by molar-refractivity contribution is 0.770. The average Bonchev–Trinajstić information content (AvgIpc) is 2.47. The number of allylic oxidation sites excluding steroid dienone is 3. The van der Waals surface area contributed by atoms with E-state index >= 15 is 0 Å². The van der Waals surface area contributed by atoms with Crippen molar-refractivity contribution in [3.05, 3.63) is 30.0 Å². The maximum atomic E-state index is 3.57. The molecule has 0 atom stereocenters. The molecular weight excluding hydrogens is 96.1 g/mol. The molecule has 1 aliphatic carbocycles. The summed E-state index contributed by atoms with van der Waals surface area (Å²) in [6, 6.07) is 0. The predicted molar refractivity (Wildman–Crippen MR) is 35.6 cm³/mol. The fourth-order valence-corrected chi connectivity index (χ4v) is 0.565. The molecule has 8 heavy (non-hydrogen) atoms. The van der Waals surface area contributed by atoms with Crippen LogP contribution in [0.5, 0.6) is 0 Å². The molecule has 0 aliphatic heterocycles. The van der Waals surface area contributed by atoms with Gasteiger partial charge in [-0.05, 0) is 19.4 Å². The second-order valence-electron chi connectivity index (χ2n) is 2.42. The Morgan fingerprint density at radius 3 is 2.25 bits per heavy atom. The molecule has 0 nitrogen and oxygen atoms in total. The molecule has 0 aromatic heterocycles. The van der Waals surface area contributed by atoms with Crippen molar-refractivity contribution in [2.45, 2.75) is 13.8 Å². The summed E-state index contributed by atoms with van der Waals surface area (Å²) < 4.78 is 0. The van der Waals surface area contributed by atoms with E-state index in [9.17, 15) is 0 Å². The molecule has 0 aromatic carbocycles. The van der Waals surface area contributed by atoms with E-state index in [4.69, 9.17) is 0 Å². The summed E-state index contributed by atoms with van der Waals surface area (Å²) in [5.41, 5.74) is 4.34. The lowest BCUT2D eigenvalue weighted by atomic mass is 9.99. The first-order chi connectivity index (χ1) is 3.69. The quantitative estimate of drug-likeness (QED) is 0.355. The fourth-order valence-electron chi connectivity index (χ4n) is 0.565. The summed E-state index contributed by atoms with van der Waals surface area (Å²) in [5.74, 6) is 0. The smallest absolute Gasteiger partial charge is 0.0316 e. The van der Waals surface area contributed by atoms with Gasteiger partial charge in [0.2, 0.25) is 0 Å². The third-order valence-electron chi connectivity index (χ3n) is 1.74. The molecule has 0 amide bonds. The van der Waals surface area contributed by atoms with E-state index in [1.165, 1.54) is 5.57 Å². The van der Waals surface area contributed by atoms with Crippen LogP contribution in [-0.2, 0) is 0 Å². The molecule has 0 heteroatoms. The fraction of sp³-hybridized carbons (Fsp3) is 0.375. The molecule has 0 aromatic rings. The zero-order valence-electron chi connectivity index (χ0n) is 5.36. The molecule has 42 valence electrons. The first kappa shape index (κ1) is 5.40. The Morgan fingerprint density at radius 2 is 2.12 bits per heavy atom. The minimum absolute atomic E-state index is 0.252. The van der Waals surface area contributed by atoms with Gasteiger partial charge in [-0.3, -0.25) is 0 Å². The van der Waals surface area contributed by atoms with Crippen molar-refractivity contribution in [2.24, 2.45) is 5.41 Å². The van der Waals surface area contributed by atoms with Crippen LogP contribution in [0.25, 0.3) is 0 Å². The molecule has 1 rings (SSSR count). The van der Waals surface area contributed by atoms with Gasteiger partial charge in [-0.2, -0.15) is 0 Å². The summed E-state index contributed by atoms with van der Waals surface area (Å²) in [7, 11) is 0. The van der Waals surface area contributed by atoms with Crippen LogP contribution in [-0.4, -0.2) is 0 Å². The molecule has 0 saturated heterocycles. The zero-order chi connectivity index (χ0) is 6.20. The van der Waals surface area contributed by atoms with Crippen molar-refractivity contribution in [2.75, 3.05) is 0 Å². The highest BCUT2D eigenvalue weighted by atomic mass is 14.3. The molecule has 0 unspecified atom stereocenters. The van der Waals surface area contributed by atoms with E-state index in [1.54, 1.807) is 0 Å². The summed E-state index contributed by atoms with van der Waals surface area (Å²) >= 11 is 0. The molecule has 0 fully saturated rings. The maximum Gasteiger partial charge on any atom is 0.0316 e. The summed E-state index contributed by atoms with van der Waals surface area (Å²) in [5, 5.41) is 0. The van der Waals surface area contributed by atoms with Crippen LogP contribution < -0.4 is 0 Å². The third kappa shape index (κ3) is 0.635. The Bertz CT molecular complexity index is 172. The van der Waals surface area contributed by atoms with E-state index in [2.05, 4.69) is 31.4 Å². The van der Waals surface area contributed by atoms with E-state index in [0.29, 0.717) is 0 Å². The third-order valence-corrected chi connectivity index (χ3v) is 1.74. The van der Waals surface area contributed by atoms with Crippen LogP contribution >= 0.6 is 0 Å². The van der Waals surface area contributed by atoms with Gasteiger partial charge in [0.25, 0.3) is 0 Å². The average molecular weight is 106 g/mol. The monoisotopic (exact) mass is 106 g/mol. The molecular formula is C8H10. The van der Waals surface area contributed by atoms with Crippen molar-refractivity contribution in [3.8, 4) is 0 Å². The van der Waals surface area contributed by atoms with Crippen LogP contribution in [0.4, 0.5) is 0 Å². The van der Waals surface area contributed by atoms with Crippen molar-refractivity contribution in [3.63, 3.8) is 0 Å². The molecule has 0 heterocycles. The first-order valence-corrected chi connectivity index (χ1v) is 2.76. The zero-order valence-corrected chi connectivity index (χ0v) is 5.36. The van der Waals surface area contributed by atoms with Gasteiger partial charge >= 0.3 is 0 Å². The maximum absolute atomic E-state index is 3.57. The van der Waals surface area contributed by atoms with Crippen LogP contribution in [0.3, 0.4) is 0 Å². The van der Waals surface area contributed by atoms with E-state index in [1.807, 2.05) is 6.92 Å². The van der Waals surface area contributed by atoms with Gasteiger partial charge in [0.15, 0.2) is 0 Å². The topological polar surface area (TPSA) is 0 Å². The Hall–Kier alpha value is -0.740. The van der Waals surface area contributed by atoms with Crippen molar-refractivity contribution in [1.82, 2.24) is 0 Å². The lowest BCUT2D eigenvalue weighted by Crippen LogP contribution is -1.94. The normalized spacial score (nSPS) is 19.8. The van der Waals surface area contributed by atoms with Gasteiger partial charge in [0, 0.05) is 5.41 Å². The second-order valence-corrected chi connectivity index (χ2v) is 2.42. The van der Waals surface area contributed by atoms with Gasteiger partial charge in [-0.1, -0.05) is 18.7 Å². The summed E-state index contributed by atoms with van der Waals surface area (Å²) in [4.78, 5) is 0. The van der Waals surface area contributed by atoms with Crippen molar-refractivity contribution < 1.29 is 0 Å². The summed E-state index contributed by atoms with van der Waals surface area (Å²) in [6.45, 7) is 7.77. The number of rotatable bonds is 1.